The van der Waals surface area contributed by atoms with Gasteiger partial charge in [0.25, 0.3) is 0 Å². The van der Waals surface area contributed by atoms with Crippen LogP contribution in [0.5, 0.6) is 0 Å². The average molecular weight is 1070 g/mol. The van der Waals surface area contributed by atoms with Crippen molar-refractivity contribution in [1.29, 1.82) is 0 Å². The molecule has 0 bridgehead atoms. The van der Waals surface area contributed by atoms with E-state index in [1.807, 2.05) is 24.5 Å². The molecule has 0 spiro atoms. The summed E-state index contributed by atoms with van der Waals surface area (Å²) < 4.78 is 11.5. The maximum atomic E-state index is 10.3. The number of aliphatic carboxylic acids is 2. The number of aromatic nitrogens is 2. The molecule has 0 amide bonds. The summed E-state index contributed by atoms with van der Waals surface area (Å²) in [6.07, 6.45) is 13.8. The molecule has 2 unspecified atom stereocenters. The van der Waals surface area contributed by atoms with Crippen LogP contribution >= 0.6 is 46.4 Å². The summed E-state index contributed by atoms with van der Waals surface area (Å²) in [5.41, 5.74) is 18.2. The summed E-state index contributed by atoms with van der Waals surface area (Å²) in [5.74, 6) is -2.51. The third-order valence-corrected chi connectivity index (χ3v) is 12.4. The first-order chi connectivity index (χ1) is 34.7. The van der Waals surface area contributed by atoms with Crippen LogP contribution in [0.2, 0.25) is 20.1 Å². The van der Waals surface area contributed by atoms with Crippen molar-refractivity contribution in [3.05, 3.63) is 152 Å². The van der Waals surface area contributed by atoms with Crippen molar-refractivity contribution in [3.63, 3.8) is 0 Å². The minimum absolute atomic E-state index is 0.339. The van der Waals surface area contributed by atoms with Crippen LogP contribution in [0, 0.1) is 0 Å². The maximum absolute atomic E-state index is 10.3. The van der Waals surface area contributed by atoms with Crippen molar-refractivity contribution in [1.82, 2.24) is 20.6 Å². The van der Waals surface area contributed by atoms with E-state index in [2.05, 4.69) is 69.1 Å². The Labute approximate surface area is 441 Å². The van der Waals surface area contributed by atoms with Crippen molar-refractivity contribution >= 4 is 91.5 Å². The molecule has 18 heteroatoms. The van der Waals surface area contributed by atoms with Gasteiger partial charge in [0, 0.05) is 74.8 Å². The first kappa shape index (κ1) is 59.5. The lowest BCUT2D eigenvalue weighted by atomic mass is 10.1. The number of aliphatic hydroxyl groups is 2. The Hall–Kier alpha value is -5.10. The molecule has 6 aromatic rings. The normalized spacial score (nSPS) is 12.0. The lowest BCUT2D eigenvalue weighted by Gasteiger charge is -2.14. The van der Waals surface area contributed by atoms with Gasteiger partial charge >= 0.3 is 11.9 Å². The zero-order valence-corrected chi connectivity index (χ0v) is 43.3. The number of aliphatic hydroxyl groups excluding tert-OH is 2. The quantitative estimate of drug-likeness (QED) is 0.0130. The molecule has 4 aromatic carbocycles. The van der Waals surface area contributed by atoms with Crippen LogP contribution in [-0.4, -0.2) is 94.9 Å². The van der Waals surface area contributed by atoms with Gasteiger partial charge < -0.3 is 52.0 Å². The van der Waals surface area contributed by atoms with Crippen LogP contribution in [0.3, 0.4) is 0 Å². The number of halogens is 4. The second-order valence-corrected chi connectivity index (χ2v) is 18.5. The van der Waals surface area contributed by atoms with E-state index < -0.39 is 24.1 Å². The van der Waals surface area contributed by atoms with E-state index >= 15 is 0 Å². The summed E-state index contributed by atoms with van der Waals surface area (Å²) in [6.45, 7) is 5.69. The van der Waals surface area contributed by atoms with Crippen molar-refractivity contribution < 1.29 is 39.5 Å². The molecule has 6 rings (SSSR count). The van der Waals surface area contributed by atoms with Crippen molar-refractivity contribution in [2.24, 2.45) is 0 Å². The molecule has 0 aliphatic heterocycles. The van der Waals surface area contributed by atoms with Crippen LogP contribution in [0.25, 0.3) is 21.8 Å². The third-order valence-electron chi connectivity index (χ3n) is 11.1. The lowest BCUT2D eigenvalue weighted by Crippen LogP contribution is -2.22. The molecule has 0 fully saturated rings. The molecule has 2 heterocycles. The van der Waals surface area contributed by atoms with Crippen molar-refractivity contribution in [3.8, 4) is 0 Å². The Morgan fingerprint density at radius 2 is 0.917 bits per heavy atom. The van der Waals surface area contributed by atoms with E-state index in [-0.39, 0.29) is 0 Å². The number of carboxylic acids is 2. The minimum Gasteiger partial charge on any atom is -0.478 e. The number of hydrogen-bond donors (Lipinski definition) is 8. The fourth-order valence-electron chi connectivity index (χ4n) is 7.23. The van der Waals surface area contributed by atoms with Gasteiger partial charge in [-0.15, -0.1) is 0 Å². The molecule has 0 aliphatic carbocycles. The predicted molar refractivity (Wildman–Crippen MR) is 291 cm³/mol. The molecule has 0 aliphatic rings. The number of nitrogens with zero attached hydrogens (tertiary/aromatic N) is 2. The Morgan fingerprint density at radius 3 is 1.29 bits per heavy atom. The lowest BCUT2D eigenvalue weighted by molar-refractivity contribution is -0.134. The number of pyridine rings is 2. The molecule has 2 atom stereocenters. The van der Waals surface area contributed by atoms with Crippen LogP contribution in [0.1, 0.15) is 85.8 Å². The van der Waals surface area contributed by atoms with E-state index in [1.54, 1.807) is 24.3 Å². The number of nitrogens with one attached hydrogen (secondary N) is 2. The van der Waals surface area contributed by atoms with E-state index in [4.69, 9.17) is 77.6 Å². The summed E-state index contributed by atoms with van der Waals surface area (Å²) in [5, 5.41) is 46.5. The predicted octanol–water partition coefficient (Wildman–Crippen LogP) is 10.8. The Bertz CT molecular complexity index is 2400. The molecule has 2 aromatic heterocycles. The zero-order chi connectivity index (χ0) is 52.1. The fourth-order valence-corrected chi connectivity index (χ4v) is 8.24. The maximum Gasteiger partial charge on any atom is 0.328 e. The van der Waals surface area contributed by atoms with Crippen LogP contribution in [0.15, 0.2) is 109 Å². The molecule has 0 radical (unpaired) electrons. The molecular formula is C54H66Cl4N6O8. The minimum atomic E-state index is -1.26. The van der Waals surface area contributed by atoms with Gasteiger partial charge in [-0.1, -0.05) is 70.7 Å². The third kappa shape index (κ3) is 22.8. The summed E-state index contributed by atoms with van der Waals surface area (Å²) in [4.78, 5) is 27.8. The summed E-state index contributed by atoms with van der Waals surface area (Å²) in [6, 6.07) is 27.6. The number of carboxylic acid groups (broad SMARTS) is 2. The number of ether oxygens (including phenoxy) is 2. The van der Waals surface area contributed by atoms with Gasteiger partial charge in [-0.2, -0.15) is 0 Å². The highest BCUT2D eigenvalue weighted by atomic mass is 35.5. The number of nitrogens with two attached hydrogens (primary N) is 2. The highest BCUT2D eigenvalue weighted by Crippen LogP contribution is 2.32. The Morgan fingerprint density at radius 1 is 0.542 bits per heavy atom. The number of nitrogen functional groups attached to an aromatic ring is 2. The number of rotatable bonds is 28. The molecule has 14 nitrogen and oxygen atoms in total. The van der Waals surface area contributed by atoms with Gasteiger partial charge in [-0.3, -0.25) is 9.97 Å². The van der Waals surface area contributed by atoms with Crippen LogP contribution in [0.4, 0.5) is 11.4 Å². The van der Waals surface area contributed by atoms with Gasteiger partial charge in [0.1, 0.15) is 0 Å². The standard InChI is InChI=1S/2C25H31Cl2N3O2.C4H4O4/c2*26-21-15-20(16-22(27)25(21)28)24(31)17-29-10-2-1-3-12-32-13-5-6-18-8-9-23-19(14-18)7-4-11-30-23;5-3(6)1-2-4(7)8/h2*4,7-9,11,14-16,24,29,31H,1-3,5-6,10,12-13,17,28H2;1-2H,(H,5,6)(H,7,8)/b;;2-1+. The molecule has 388 valence electrons. The molecular weight excluding hydrogens is 1000 g/mol. The number of benzene rings is 4. The SMILES string of the molecule is Nc1c(Cl)cc(C(O)CNCCCCCOCCCc2ccc3ncccc3c2)cc1Cl.Nc1c(Cl)cc(C(O)CNCCCCCOCCCc2ccc3ncccc3c2)cc1Cl.O=C(O)/C=C/C(=O)O. The number of aryl methyl sites for hydroxylation is 2. The van der Waals surface area contributed by atoms with Gasteiger partial charge in [0.2, 0.25) is 0 Å². The van der Waals surface area contributed by atoms with E-state index in [1.165, 1.54) is 21.9 Å². The highest BCUT2D eigenvalue weighted by molar-refractivity contribution is 6.39. The summed E-state index contributed by atoms with van der Waals surface area (Å²) in [7, 11) is 0. The number of unbranched alkanes of at least 4 members (excludes halogenated alkanes) is 4. The van der Waals surface area contributed by atoms with E-state index in [0.29, 0.717) is 67.8 Å². The average Bonchev–Trinajstić information content (AvgIpc) is 3.37. The van der Waals surface area contributed by atoms with Gasteiger partial charge in [-0.25, -0.2) is 9.59 Å². The zero-order valence-electron chi connectivity index (χ0n) is 40.3. The second-order valence-electron chi connectivity index (χ2n) is 16.9. The Balaban J connectivity index is 0.000000271. The first-order valence-corrected chi connectivity index (χ1v) is 25.5. The highest BCUT2D eigenvalue weighted by Gasteiger charge is 2.13. The number of anilines is 2. The van der Waals surface area contributed by atoms with Gasteiger partial charge in [-0.05, 0) is 160 Å². The summed E-state index contributed by atoms with van der Waals surface area (Å²) >= 11 is 24.1. The fraction of sp³-hybridized carbons (Fsp3) is 0.370. The van der Waals surface area contributed by atoms with Gasteiger partial charge in [0.05, 0.1) is 54.7 Å². The van der Waals surface area contributed by atoms with Crippen LogP contribution in [-0.2, 0) is 31.9 Å². The first-order valence-electron chi connectivity index (χ1n) is 23.9. The monoisotopic (exact) mass is 1070 g/mol. The number of hydrogen-bond acceptors (Lipinski definition) is 12. The number of carbonyl (C=O) groups is 2. The molecule has 72 heavy (non-hydrogen) atoms. The van der Waals surface area contributed by atoms with Gasteiger partial charge in [0.15, 0.2) is 0 Å². The largest absolute Gasteiger partial charge is 0.478 e. The van der Waals surface area contributed by atoms with E-state index in [0.717, 1.165) is 115 Å². The Kier molecular flexibility index (Phi) is 27.7. The smallest absolute Gasteiger partial charge is 0.328 e. The van der Waals surface area contributed by atoms with E-state index in [9.17, 15) is 19.8 Å². The topological polar surface area (TPSA) is 235 Å². The number of fused-ring (bicyclic) bond motifs is 2. The molecule has 10 N–H and O–H groups in total. The van der Waals surface area contributed by atoms with Crippen molar-refractivity contribution in [2.75, 3.05) is 64.1 Å². The van der Waals surface area contributed by atoms with Crippen molar-refractivity contribution in [2.45, 2.75) is 76.4 Å². The van der Waals surface area contributed by atoms with Crippen LogP contribution < -0.4 is 22.1 Å². The second kappa shape index (κ2) is 33.6. The molecule has 0 saturated heterocycles. The molecule has 0 saturated carbocycles.